The van der Waals surface area contributed by atoms with Crippen LogP contribution in [0.1, 0.15) is 37.7 Å². The van der Waals surface area contributed by atoms with Crippen molar-refractivity contribution in [1.82, 2.24) is 0 Å². The number of esters is 1. The summed E-state index contributed by atoms with van der Waals surface area (Å²) in [6.45, 7) is 1.95. The maximum Gasteiger partial charge on any atom is 0.344 e. The maximum absolute atomic E-state index is 12.1. The summed E-state index contributed by atoms with van der Waals surface area (Å²) in [4.78, 5) is 12.1. The van der Waals surface area contributed by atoms with Gasteiger partial charge in [-0.3, -0.25) is 0 Å². The van der Waals surface area contributed by atoms with Gasteiger partial charge in [0.1, 0.15) is 0 Å². The molecular weight excluding hydrogens is 252 g/mol. The first-order valence-corrected chi connectivity index (χ1v) is 7.13. The Morgan fingerprint density at radius 2 is 2.05 bits per heavy atom. The number of hydrogen-bond acceptors (Lipinski definition) is 3. The average molecular weight is 270 g/mol. The molecular formula is C17H18O3. The van der Waals surface area contributed by atoms with Crippen LogP contribution in [0.4, 0.5) is 0 Å². The second-order valence-electron chi connectivity index (χ2n) is 5.35. The van der Waals surface area contributed by atoms with E-state index in [1.807, 2.05) is 37.3 Å². The fourth-order valence-corrected chi connectivity index (χ4v) is 2.80. The van der Waals surface area contributed by atoms with E-state index in [2.05, 4.69) is 0 Å². The van der Waals surface area contributed by atoms with E-state index in [1.165, 1.54) is 0 Å². The highest BCUT2D eigenvalue weighted by molar-refractivity contribution is 5.95. The molecule has 1 unspecified atom stereocenters. The lowest BCUT2D eigenvalue weighted by atomic mass is 9.86. The highest BCUT2D eigenvalue weighted by Gasteiger charge is 2.43. The van der Waals surface area contributed by atoms with E-state index in [4.69, 9.17) is 4.74 Å². The zero-order valence-corrected chi connectivity index (χ0v) is 11.5. The summed E-state index contributed by atoms with van der Waals surface area (Å²) in [6, 6.07) is 9.91. The molecule has 1 atom stereocenters. The lowest BCUT2D eigenvalue weighted by Gasteiger charge is -2.16. The Labute approximate surface area is 118 Å². The van der Waals surface area contributed by atoms with Crippen molar-refractivity contribution in [2.75, 3.05) is 0 Å². The molecule has 1 aromatic carbocycles. The molecule has 0 spiro atoms. The Morgan fingerprint density at radius 3 is 2.65 bits per heavy atom. The lowest BCUT2D eigenvalue weighted by Crippen LogP contribution is -2.12. The zero-order chi connectivity index (χ0) is 14.1. The molecule has 1 aromatic rings. The molecule has 3 nitrogen and oxygen atoms in total. The number of aliphatic hydroxyl groups excluding tert-OH is 1. The smallest absolute Gasteiger partial charge is 0.344 e. The number of aliphatic hydroxyl groups is 1. The molecule has 1 fully saturated rings. The first-order chi connectivity index (χ1) is 9.72. The van der Waals surface area contributed by atoms with Crippen molar-refractivity contribution >= 4 is 5.97 Å². The van der Waals surface area contributed by atoms with Crippen molar-refractivity contribution < 1.29 is 14.6 Å². The van der Waals surface area contributed by atoms with Gasteiger partial charge in [0.25, 0.3) is 0 Å². The molecule has 1 saturated carbocycles. The molecule has 20 heavy (non-hydrogen) atoms. The number of allylic oxidation sites excluding steroid dienone is 1. The van der Waals surface area contributed by atoms with Crippen LogP contribution < -0.4 is 0 Å². The van der Waals surface area contributed by atoms with E-state index in [0.717, 1.165) is 24.8 Å². The van der Waals surface area contributed by atoms with Crippen LogP contribution in [-0.4, -0.2) is 11.1 Å². The van der Waals surface area contributed by atoms with Crippen molar-refractivity contribution in [3.63, 3.8) is 0 Å². The summed E-state index contributed by atoms with van der Waals surface area (Å²) in [5.41, 5.74) is 1.50. The highest BCUT2D eigenvalue weighted by atomic mass is 16.6. The van der Waals surface area contributed by atoms with Crippen LogP contribution in [0.2, 0.25) is 0 Å². The molecule has 2 aliphatic rings. The number of carbonyl (C=O) groups is 1. The minimum atomic E-state index is -0.400. The van der Waals surface area contributed by atoms with Crippen molar-refractivity contribution in [2.45, 2.75) is 32.1 Å². The first-order valence-electron chi connectivity index (χ1n) is 7.13. The Kier molecular flexibility index (Phi) is 3.35. The molecule has 1 heterocycles. The molecule has 3 rings (SSSR count). The molecule has 1 N–H and O–H groups in total. The predicted octanol–water partition coefficient (Wildman–Crippen LogP) is 3.84. The lowest BCUT2D eigenvalue weighted by molar-refractivity contribution is -0.133. The van der Waals surface area contributed by atoms with Crippen LogP contribution >= 0.6 is 0 Å². The normalized spacial score (nSPS) is 22.2. The van der Waals surface area contributed by atoms with Crippen LogP contribution in [0, 0.1) is 5.92 Å². The number of hydrogen-bond donors (Lipinski definition) is 1. The van der Waals surface area contributed by atoms with Gasteiger partial charge in [0.2, 0.25) is 0 Å². The third kappa shape index (κ3) is 2.24. The summed E-state index contributed by atoms with van der Waals surface area (Å²) in [6.07, 6.45) is 4.65. The summed E-state index contributed by atoms with van der Waals surface area (Å²) in [5, 5.41) is 10.3. The van der Waals surface area contributed by atoms with Crippen molar-refractivity contribution in [1.29, 1.82) is 0 Å². The first kappa shape index (κ1) is 13.0. The standard InChI is InChI=1S/C17H18O3/c1-2-6-13-16(18)15(17(19)20-13)14(12-9-10-12)11-7-4-3-5-8-11/h3-8,12,14,18H,2,9-10H2,1H3/b13-6-. The molecule has 0 bridgehead atoms. The molecule has 0 saturated heterocycles. The minimum Gasteiger partial charge on any atom is -0.504 e. The highest BCUT2D eigenvalue weighted by Crippen LogP contribution is 2.49. The largest absolute Gasteiger partial charge is 0.504 e. The Hall–Kier alpha value is -2.03. The molecule has 3 heteroatoms. The van der Waals surface area contributed by atoms with E-state index in [1.54, 1.807) is 6.08 Å². The number of benzene rings is 1. The zero-order valence-electron chi connectivity index (χ0n) is 11.5. The second-order valence-corrected chi connectivity index (χ2v) is 5.35. The van der Waals surface area contributed by atoms with Crippen LogP contribution in [0.15, 0.2) is 53.5 Å². The fourth-order valence-electron chi connectivity index (χ4n) is 2.80. The minimum absolute atomic E-state index is 0.0256. The average Bonchev–Trinajstić information content (AvgIpc) is 3.24. The van der Waals surface area contributed by atoms with E-state index in [-0.39, 0.29) is 11.7 Å². The van der Waals surface area contributed by atoms with Crippen LogP contribution in [0.3, 0.4) is 0 Å². The van der Waals surface area contributed by atoms with Gasteiger partial charge in [-0.05, 0) is 36.8 Å². The predicted molar refractivity (Wildman–Crippen MR) is 76.0 cm³/mol. The number of carbonyl (C=O) groups excluding carboxylic acids is 1. The summed E-state index contributed by atoms with van der Waals surface area (Å²) >= 11 is 0. The van der Waals surface area contributed by atoms with Crippen molar-refractivity contribution in [2.24, 2.45) is 5.92 Å². The van der Waals surface area contributed by atoms with Gasteiger partial charge in [-0.15, -0.1) is 0 Å². The third-order valence-electron chi connectivity index (χ3n) is 3.86. The van der Waals surface area contributed by atoms with Gasteiger partial charge in [0.05, 0.1) is 5.57 Å². The van der Waals surface area contributed by atoms with E-state index < -0.39 is 5.97 Å². The van der Waals surface area contributed by atoms with Gasteiger partial charge in [0, 0.05) is 5.92 Å². The fraction of sp³-hybridized carbons (Fsp3) is 0.353. The molecule has 1 aliphatic heterocycles. The van der Waals surface area contributed by atoms with Gasteiger partial charge >= 0.3 is 5.97 Å². The van der Waals surface area contributed by atoms with Crippen molar-refractivity contribution in [3.05, 3.63) is 59.1 Å². The van der Waals surface area contributed by atoms with Crippen LogP contribution in [-0.2, 0) is 9.53 Å². The van der Waals surface area contributed by atoms with Crippen LogP contribution in [0.5, 0.6) is 0 Å². The van der Waals surface area contributed by atoms with Gasteiger partial charge in [-0.2, -0.15) is 0 Å². The quantitative estimate of drug-likeness (QED) is 0.845. The SMILES string of the molecule is CC/C=C1\OC(=O)C(C(c2ccccc2)C2CC2)=C1O. The molecule has 0 amide bonds. The van der Waals surface area contributed by atoms with Gasteiger partial charge < -0.3 is 9.84 Å². The van der Waals surface area contributed by atoms with Gasteiger partial charge in [-0.25, -0.2) is 4.79 Å². The molecule has 0 aromatic heterocycles. The Bertz CT molecular complexity index is 580. The van der Waals surface area contributed by atoms with Crippen LogP contribution in [0.25, 0.3) is 0 Å². The topological polar surface area (TPSA) is 46.5 Å². The number of ether oxygens (including phenoxy) is 1. The monoisotopic (exact) mass is 270 g/mol. The van der Waals surface area contributed by atoms with E-state index >= 15 is 0 Å². The molecule has 0 radical (unpaired) electrons. The molecule has 1 aliphatic carbocycles. The maximum atomic E-state index is 12.1. The second kappa shape index (κ2) is 5.16. The van der Waals surface area contributed by atoms with Crippen molar-refractivity contribution in [3.8, 4) is 0 Å². The van der Waals surface area contributed by atoms with E-state index in [9.17, 15) is 9.90 Å². The number of rotatable bonds is 4. The number of cyclic esters (lactones) is 1. The Balaban J connectivity index is 2.04. The third-order valence-corrected chi connectivity index (χ3v) is 3.86. The Morgan fingerprint density at radius 1 is 1.35 bits per heavy atom. The summed E-state index contributed by atoms with van der Waals surface area (Å²) < 4.78 is 5.21. The summed E-state index contributed by atoms with van der Waals surface area (Å²) in [5.74, 6) is 0.323. The van der Waals surface area contributed by atoms with E-state index in [0.29, 0.717) is 17.3 Å². The van der Waals surface area contributed by atoms with Gasteiger partial charge in [0.15, 0.2) is 11.5 Å². The van der Waals surface area contributed by atoms with Gasteiger partial charge in [-0.1, -0.05) is 37.3 Å². The summed E-state index contributed by atoms with van der Waals surface area (Å²) in [7, 11) is 0. The molecule has 104 valence electrons.